The Balaban J connectivity index is 1.83. The summed E-state index contributed by atoms with van der Waals surface area (Å²) in [5.41, 5.74) is 10.8. The molecule has 5 N–H and O–H groups in total. The minimum Gasteiger partial charge on any atom is -0.382 e. The lowest BCUT2D eigenvalue weighted by molar-refractivity contribution is 0.589. The van der Waals surface area contributed by atoms with E-state index in [0.717, 1.165) is 29.7 Å². The van der Waals surface area contributed by atoms with Gasteiger partial charge in [0.05, 0.1) is 34.5 Å². The number of nitriles is 1. The normalized spacial score (nSPS) is 14.0. The average molecular weight is 510 g/mol. The van der Waals surface area contributed by atoms with E-state index in [1.807, 2.05) is 6.07 Å². The van der Waals surface area contributed by atoms with E-state index >= 15 is 0 Å². The molecule has 1 aliphatic rings. The second-order valence-electron chi connectivity index (χ2n) is 8.39. The van der Waals surface area contributed by atoms with Gasteiger partial charge in [-0.1, -0.05) is 11.6 Å². The molecular formula is C23H18ClF2N9O. The molecule has 182 valence electrons. The van der Waals surface area contributed by atoms with Crippen LogP contribution in [-0.2, 0) is 0 Å². The third-order valence-electron chi connectivity index (χ3n) is 6.05. The van der Waals surface area contributed by atoms with Crippen molar-refractivity contribution in [3.63, 3.8) is 0 Å². The van der Waals surface area contributed by atoms with Gasteiger partial charge >= 0.3 is 0 Å². The molecule has 0 spiro atoms. The maximum Gasteiger partial charge on any atom is 0.267 e. The number of nitrogen functional groups attached to an aromatic ring is 2. The maximum atomic E-state index is 14.9. The van der Waals surface area contributed by atoms with Crippen LogP contribution in [0.5, 0.6) is 0 Å². The molecule has 13 heteroatoms. The first-order valence-corrected chi connectivity index (χ1v) is 11.2. The van der Waals surface area contributed by atoms with Crippen LogP contribution in [0.4, 0.5) is 26.4 Å². The van der Waals surface area contributed by atoms with Crippen LogP contribution < -0.4 is 22.3 Å². The minimum absolute atomic E-state index is 0.00902. The number of nitrogens with two attached hydrogens (primary N) is 2. The van der Waals surface area contributed by atoms with E-state index in [4.69, 9.17) is 23.1 Å². The summed E-state index contributed by atoms with van der Waals surface area (Å²) >= 11 is 6.27. The van der Waals surface area contributed by atoms with E-state index in [1.165, 1.54) is 19.2 Å². The number of hydrogen-bond acceptors (Lipinski definition) is 9. The van der Waals surface area contributed by atoms with E-state index in [-0.39, 0.29) is 62.1 Å². The molecule has 0 bridgehead atoms. The molecule has 1 saturated carbocycles. The van der Waals surface area contributed by atoms with E-state index in [0.29, 0.717) is 0 Å². The number of pyridine rings is 1. The van der Waals surface area contributed by atoms with Crippen molar-refractivity contribution in [3.8, 4) is 11.8 Å². The molecule has 1 aliphatic carbocycles. The fourth-order valence-electron chi connectivity index (χ4n) is 4.07. The predicted molar refractivity (Wildman–Crippen MR) is 129 cm³/mol. The van der Waals surface area contributed by atoms with Gasteiger partial charge in [-0.3, -0.25) is 14.3 Å². The molecule has 0 aliphatic heterocycles. The van der Waals surface area contributed by atoms with Gasteiger partial charge in [-0.05, 0) is 37.8 Å². The third kappa shape index (κ3) is 3.83. The molecule has 0 unspecified atom stereocenters. The lowest BCUT2D eigenvalue weighted by Gasteiger charge is -2.24. The number of anilines is 3. The standard InChI is InChI=1S/C23H18ClF2N9O/c1-9-14(26)7-30-8-15(9)35-21(32-18-13(25)5-4-12(24)16(18)22(35)36)17(10-2-3-10)31-20-11(6-27)19(28)33-23(29)34-20/h4-5,7-8,10,17H,2-3H2,1H3,(H5,28,29,31,33,34)/t17-/m0/s1. The molecule has 1 atom stereocenters. The molecule has 10 nitrogen and oxygen atoms in total. The van der Waals surface area contributed by atoms with Gasteiger partial charge in [0.15, 0.2) is 5.82 Å². The number of fused-ring (bicyclic) bond motifs is 1. The van der Waals surface area contributed by atoms with Crippen molar-refractivity contribution in [2.24, 2.45) is 5.92 Å². The second-order valence-corrected chi connectivity index (χ2v) is 8.80. The minimum atomic E-state index is -0.760. The highest BCUT2D eigenvalue weighted by Gasteiger charge is 2.37. The van der Waals surface area contributed by atoms with Gasteiger partial charge in [0.2, 0.25) is 5.95 Å². The van der Waals surface area contributed by atoms with Crippen molar-refractivity contribution in [1.29, 1.82) is 5.26 Å². The zero-order chi connectivity index (χ0) is 25.7. The number of rotatable bonds is 5. The molecule has 4 aromatic rings. The summed E-state index contributed by atoms with van der Waals surface area (Å²) < 4.78 is 30.5. The monoisotopic (exact) mass is 509 g/mol. The Hall–Kier alpha value is -4.37. The molecule has 5 rings (SSSR count). The maximum absolute atomic E-state index is 14.9. The molecule has 36 heavy (non-hydrogen) atoms. The highest BCUT2D eigenvalue weighted by Crippen LogP contribution is 2.43. The summed E-state index contributed by atoms with van der Waals surface area (Å²) in [4.78, 5) is 30.1. The van der Waals surface area contributed by atoms with Gasteiger partial charge in [-0.2, -0.15) is 15.2 Å². The fourth-order valence-corrected chi connectivity index (χ4v) is 4.30. The summed E-state index contributed by atoms with van der Waals surface area (Å²) in [5, 5.41) is 12.5. The van der Waals surface area contributed by atoms with Crippen molar-refractivity contribution in [1.82, 2.24) is 24.5 Å². The molecule has 0 radical (unpaired) electrons. The van der Waals surface area contributed by atoms with Gasteiger partial charge < -0.3 is 16.8 Å². The Morgan fingerprint density at radius 3 is 2.64 bits per heavy atom. The summed E-state index contributed by atoms with van der Waals surface area (Å²) in [6, 6.07) is 3.54. The number of aromatic nitrogens is 5. The van der Waals surface area contributed by atoms with E-state index in [2.05, 4.69) is 25.3 Å². The lowest BCUT2D eigenvalue weighted by Crippen LogP contribution is -2.30. The quantitative estimate of drug-likeness (QED) is 0.366. The van der Waals surface area contributed by atoms with Crippen LogP contribution in [0.15, 0.2) is 29.3 Å². The van der Waals surface area contributed by atoms with Crippen LogP contribution in [-0.4, -0.2) is 24.5 Å². The molecule has 3 heterocycles. The Morgan fingerprint density at radius 2 is 1.94 bits per heavy atom. The smallest absolute Gasteiger partial charge is 0.267 e. The second kappa shape index (κ2) is 8.69. The van der Waals surface area contributed by atoms with Crippen LogP contribution in [0.1, 0.15) is 35.8 Å². The average Bonchev–Trinajstić information content (AvgIpc) is 3.67. The Morgan fingerprint density at radius 1 is 1.19 bits per heavy atom. The first kappa shape index (κ1) is 23.4. The van der Waals surface area contributed by atoms with Crippen LogP contribution in [0.25, 0.3) is 16.6 Å². The van der Waals surface area contributed by atoms with Gasteiger partial charge in [-0.15, -0.1) is 0 Å². The largest absolute Gasteiger partial charge is 0.382 e. The SMILES string of the molecule is Cc1c(F)cncc1-n1c([C@@H](Nc2nc(N)nc(N)c2C#N)C2CC2)nc2c(F)ccc(Cl)c2c1=O. The van der Waals surface area contributed by atoms with Gasteiger partial charge in [0.25, 0.3) is 5.56 Å². The van der Waals surface area contributed by atoms with E-state index in [1.54, 1.807) is 0 Å². The van der Waals surface area contributed by atoms with Crippen LogP contribution in [0.2, 0.25) is 5.02 Å². The Bertz CT molecular complexity index is 1650. The number of nitrogens with zero attached hydrogens (tertiary/aromatic N) is 6. The van der Waals surface area contributed by atoms with Crippen LogP contribution >= 0.6 is 11.6 Å². The topological polar surface area (TPSA) is 161 Å². The number of nitrogens with one attached hydrogen (secondary N) is 1. The number of halogens is 3. The fraction of sp³-hybridized carbons (Fsp3) is 0.217. The molecule has 0 amide bonds. The van der Waals surface area contributed by atoms with Crippen molar-refractivity contribution in [2.45, 2.75) is 25.8 Å². The molecular weight excluding hydrogens is 492 g/mol. The first-order valence-electron chi connectivity index (χ1n) is 10.8. The summed E-state index contributed by atoms with van der Waals surface area (Å²) in [7, 11) is 0. The highest BCUT2D eigenvalue weighted by atomic mass is 35.5. The summed E-state index contributed by atoms with van der Waals surface area (Å²) in [6.07, 6.45) is 3.81. The molecule has 1 fully saturated rings. The van der Waals surface area contributed by atoms with Crippen molar-refractivity contribution in [2.75, 3.05) is 16.8 Å². The van der Waals surface area contributed by atoms with E-state index in [9.17, 15) is 18.8 Å². The number of benzene rings is 1. The zero-order valence-electron chi connectivity index (χ0n) is 18.8. The highest BCUT2D eigenvalue weighted by molar-refractivity contribution is 6.35. The van der Waals surface area contributed by atoms with Gasteiger partial charge in [0.1, 0.15) is 40.4 Å². The van der Waals surface area contributed by atoms with Gasteiger partial charge in [-0.25, -0.2) is 13.8 Å². The molecule has 0 saturated heterocycles. The first-order chi connectivity index (χ1) is 17.2. The Labute approximate surface area is 207 Å². The van der Waals surface area contributed by atoms with Crippen molar-refractivity contribution >= 4 is 40.1 Å². The summed E-state index contributed by atoms with van der Waals surface area (Å²) in [5.74, 6) is -1.68. The van der Waals surface area contributed by atoms with Crippen LogP contribution in [0, 0.1) is 35.8 Å². The molecule has 3 aromatic heterocycles. The van der Waals surface area contributed by atoms with Gasteiger partial charge in [0, 0.05) is 5.56 Å². The van der Waals surface area contributed by atoms with Crippen LogP contribution in [0.3, 0.4) is 0 Å². The lowest BCUT2D eigenvalue weighted by atomic mass is 10.1. The Kier molecular flexibility index (Phi) is 5.64. The van der Waals surface area contributed by atoms with Crippen molar-refractivity contribution < 1.29 is 8.78 Å². The van der Waals surface area contributed by atoms with Crippen molar-refractivity contribution in [3.05, 3.63) is 68.5 Å². The number of hydrogen-bond donors (Lipinski definition) is 3. The predicted octanol–water partition coefficient (Wildman–Crippen LogP) is 3.41. The molecule has 1 aromatic carbocycles. The summed E-state index contributed by atoms with van der Waals surface area (Å²) in [6.45, 7) is 1.49. The zero-order valence-corrected chi connectivity index (χ0v) is 19.5. The van der Waals surface area contributed by atoms with E-state index < -0.39 is 23.2 Å². The third-order valence-corrected chi connectivity index (χ3v) is 6.36.